The molecule has 6 heteroatoms. The number of nitrogens with one attached hydrogen (secondary N) is 2. The lowest BCUT2D eigenvalue weighted by molar-refractivity contribution is 0.393. The number of H-pyrrole nitrogens is 1. The van der Waals surface area contributed by atoms with Gasteiger partial charge in [0.15, 0.2) is 0 Å². The van der Waals surface area contributed by atoms with E-state index in [1.54, 1.807) is 12.1 Å². The molecule has 1 aromatic carbocycles. The van der Waals surface area contributed by atoms with Crippen LogP contribution in [0, 0.1) is 5.82 Å². The second-order valence-corrected chi connectivity index (χ2v) is 3.89. The first-order chi connectivity index (χ1) is 8.72. The van der Waals surface area contributed by atoms with E-state index in [0.717, 1.165) is 0 Å². The van der Waals surface area contributed by atoms with Crippen LogP contribution in [0.5, 0.6) is 5.75 Å². The third kappa shape index (κ3) is 2.65. The second-order valence-electron chi connectivity index (χ2n) is 3.89. The van der Waals surface area contributed by atoms with Gasteiger partial charge in [-0.25, -0.2) is 9.37 Å². The van der Waals surface area contributed by atoms with E-state index in [2.05, 4.69) is 20.5 Å². The van der Waals surface area contributed by atoms with Gasteiger partial charge in [0.2, 0.25) is 0 Å². The van der Waals surface area contributed by atoms with Gasteiger partial charge in [0, 0.05) is 11.6 Å². The van der Waals surface area contributed by atoms with Gasteiger partial charge in [0.25, 0.3) is 0 Å². The van der Waals surface area contributed by atoms with Gasteiger partial charge < -0.3 is 10.1 Å². The minimum absolute atomic E-state index is 0.189. The van der Waals surface area contributed by atoms with Gasteiger partial charge in [-0.2, -0.15) is 5.10 Å². The highest BCUT2D eigenvalue weighted by molar-refractivity contribution is 5.36. The zero-order chi connectivity index (χ0) is 13.0. The summed E-state index contributed by atoms with van der Waals surface area (Å²) in [5.74, 6) is 0.955. The molecule has 1 atom stereocenters. The topological polar surface area (TPSA) is 62.8 Å². The molecule has 5 nitrogen and oxygen atoms in total. The standard InChI is InChI=1S/C12H15FN4O/c1-8(14-6-11-15-7-16-17-11)12-9(13)4-3-5-10(12)18-2/h3-5,7-8,14H,6H2,1-2H3,(H,15,16,17). The molecule has 2 N–H and O–H groups in total. The van der Waals surface area contributed by atoms with Crippen molar-refractivity contribution in [2.75, 3.05) is 7.11 Å². The summed E-state index contributed by atoms with van der Waals surface area (Å²) in [6, 6.07) is 4.60. The molecule has 0 aliphatic rings. The summed E-state index contributed by atoms with van der Waals surface area (Å²) in [6.45, 7) is 2.36. The van der Waals surface area contributed by atoms with Gasteiger partial charge in [0.05, 0.1) is 13.7 Å². The predicted octanol–water partition coefficient (Wildman–Crippen LogP) is 1.80. The van der Waals surface area contributed by atoms with E-state index in [4.69, 9.17) is 4.74 Å². The molecule has 0 spiro atoms. The van der Waals surface area contributed by atoms with Crippen LogP contribution in [0.2, 0.25) is 0 Å². The third-order valence-corrected chi connectivity index (χ3v) is 2.71. The summed E-state index contributed by atoms with van der Waals surface area (Å²) < 4.78 is 19.0. The van der Waals surface area contributed by atoms with Crippen molar-refractivity contribution in [2.24, 2.45) is 0 Å². The minimum atomic E-state index is -0.285. The van der Waals surface area contributed by atoms with Crippen LogP contribution in [0.3, 0.4) is 0 Å². The van der Waals surface area contributed by atoms with E-state index < -0.39 is 0 Å². The molecule has 0 radical (unpaired) electrons. The van der Waals surface area contributed by atoms with E-state index in [-0.39, 0.29) is 11.9 Å². The predicted molar refractivity (Wildman–Crippen MR) is 64.6 cm³/mol. The van der Waals surface area contributed by atoms with E-state index >= 15 is 0 Å². The van der Waals surface area contributed by atoms with Crippen molar-refractivity contribution >= 4 is 0 Å². The molecule has 18 heavy (non-hydrogen) atoms. The lowest BCUT2D eigenvalue weighted by atomic mass is 10.1. The van der Waals surface area contributed by atoms with Gasteiger partial charge >= 0.3 is 0 Å². The Bertz CT molecular complexity index is 501. The van der Waals surface area contributed by atoms with Gasteiger partial charge in [-0.1, -0.05) is 6.07 Å². The van der Waals surface area contributed by atoms with E-state index in [0.29, 0.717) is 23.7 Å². The molecule has 2 aromatic rings. The Hall–Kier alpha value is -1.95. The largest absolute Gasteiger partial charge is 0.496 e. The first-order valence-electron chi connectivity index (χ1n) is 5.62. The monoisotopic (exact) mass is 250 g/mol. The van der Waals surface area contributed by atoms with Gasteiger partial charge in [0.1, 0.15) is 23.7 Å². The number of hydrogen-bond donors (Lipinski definition) is 2. The fourth-order valence-corrected chi connectivity index (χ4v) is 1.78. The fourth-order valence-electron chi connectivity index (χ4n) is 1.78. The summed E-state index contributed by atoms with van der Waals surface area (Å²) in [5, 5.41) is 9.65. The third-order valence-electron chi connectivity index (χ3n) is 2.71. The summed E-state index contributed by atoms with van der Waals surface area (Å²) in [7, 11) is 1.53. The first kappa shape index (κ1) is 12.5. The Morgan fingerprint density at radius 3 is 3.00 bits per heavy atom. The van der Waals surface area contributed by atoms with Crippen LogP contribution in [-0.2, 0) is 6.54 Å². The molecule has 0 fully saturated rings. The van der Waals surface area contributed by atoms with Gasteiger partial charge in [-0.15, -0.1) is 0 Å². The summed E-state index contributed by atoms with van der Waals surface area (Å²) in [6.07, 6.45) is 1.44. The van der Waals surface area contributed by atoms with E-state index in [1.807, 2.05) is 6.92 Å². The number of rotatable bonds is 5. The Morgan fingerprint density at radius 1 is 1.50 bits per heavy atom. The Balaban J connectivity index is 2.10. The molecular weight excluding hydrogens is 235 g/mol. The number of aromatic amines is 1. The molecule has 1 heterocycles. The Kier molecular flexibility index (Phi) is 3.88. The maximum atomic E-state index is 13.8. The maximum Gasteiger partial charge on any atom is 0.138 e. The lowest BCUT2D eigenvalue weighted by Gasteiger charge is -2.17. The molecule has 2 rings (SSSR count). The molecular formula is C12H15FN4O. The molecule has 0 amide bonds. The number of methoxy groups -OCH3 is 1. The number of halogens is 1. The quantitative estimate of drug-likeness (QED) is 0.849. The fraction of sp³-hybridized carbons (Fsp3) is 0.333. The smallest absolute Gasteiger partial charge is 0.138 e. The van der Waals surface area contributed by atoms with Crippen molar-refractivity contribution in [2.45, 2.75) is 19.5 Å². The van der Waals surface area contributed by atoms with E-state index in [1.165, 1.54) is 19.5 Å². The average molecular weight is 250 g/mol. The second kappa shape index (κ2) is 5.59. The summed E-state index contributed by atoms with van der Waals surface area (Å²) in [4.78, 5) is 3.99. The van der Waals surface area contributed by atoms with Crippen molar-refractivity contribution in [1.82, 2.24) is 20.5 Å². The van der Waals surface area contributed by atoms with Crippen LogP contribution in [0.1, 0.15) is 24.4 Å². The van der Waals surface area contributed by atoms with Gasteiger partial charge in [-0.05, 0) is 19.1 Å². The Labute approximate surface area is 104 Å². The molecule has 0 saturated heterocycles. The molecule has 0 bridgehead atoms. The van der Waals surface area contributed by atoms with Crippen molar-refractivity contribution < 1.29 is 9.13 Å². The number of aromatic nitrogens is 3. The van der Waals surface area contributed by atoms with Crippen LogP contribution >= 0.6 is 0 Å². The van der Waals surface area contributed by atoms with Crippen molar-refractivity contribution in [3.63, 3.8) is 0 Å². The molecule has 96 valence electrons. The lowest BCUT2D eigenvalue weighted by Crippen LogP contribution is -2.20. The number of hydrogen-bond acceptors (Lipinski definition) is 4. The number of ether oxygens (including phenoxy) is 1. The molecule has 0 aliphatic carbocycles. The van der Waals surface area contributed by atoms with Crippen molar-refractivity contribution in [3.05, 3.63) is 41.7 Å². The first-order valence-corrected chi connectivity index (χ1v) is 5.62. The molecule has 0 saturated carbocycles. The van der Waals surface area contributed by atoms with Crippen molar-refractivity contribution in [1.29, 1.82) is 0 Å². The minimum Gasteiger partial charge on any atom is -0.496 e. The van der Waals surface area contributed by atoms with Crippen LogP contribution in [0.4, 0.5) is 4.39 Å². The van der Waals surface area contributed by atoms with Gasteiger partial charge in [-0.3, -0.25) is 5.10 Å². The Morgan fingerprint density at radius 2 is 2.33 bits per heavy atom. The highest BCUT2D eigenvalue weighted by atomic mass is 19.1. The van der Waals surface area contributed by atoms with Crippen LogP contribution in [0.25, 0.3) is 0 Å². The van der Waals surface area contributed by atoms with Crippen LogP contribution in [-0.4, -0.2) is 22.3 Å². The van der Waals surface area contributed by atoms with Crippen LogP contribution < -0.4 is 10.1 Å². The molecule has 1 unspecified atom stereocenters. The highest BCUT2D eigenvalue weighted by Crippen LogP contribution is 2.27. The summed E-state index contributed by atoms with van der Waals surface area (Å²) >= 11 is 0. The molecule has 1 aromatic heterocycles. The zero-order valence-corrected chi connectivity index (χ0v) is 10.3. The molecule has 0 aliphatic heterocycles. The average Bonchev–Trinajstić information content (AvgIpc) is 2.88. The van der Waals surface area contributed by atoms with Crippen LogP contribution in [0.15, 0.2) is 24.5 Å². The van der Waals surface area contributed by atoms with Crippen molar-refractivity contribution in [3.8, 4) is 5.75 Å². The SMILES string of the molecule is COc1cccc(F)c1C(C)NCc1ncn[nH]1. The number of benzene rings is 1. The zero-order valence-electron chi connectivity index (χ0n) is 10.3. The number of nitrogens with zero attached hydrogens (tertiary/aromatic N) is 2. The van der Waals surface area contributed by atoms with E-state index in [9.17, 15) is 4.39 Å². The highest BCUT2D eigenvalue weighted by Gasteiger charge is 2.16. The normalized spacial score (nSPS) is 12.4. The maximum absolute atomic E-state index is 13.8. The summed E-state index contributed by atoms with van der Waals surface area (Å²) in [5.41, 5.74) is 0.513.